The molecule has 6 rings (SSSR count). The number of hydrogen-bond acceptors (Lipinski definition) is 0. The second-order valence-electron chi connectivity index (χ2n) is 15.4. The summed E-state index contributed by atoms with van der Waals surface area (Å²) in [5, 5.41) is 0. The Morgan fingerprint density at radius 2 is 1.34 bits per heavy atom. The zero-order valence-electron chi connectivity index (χ0n) is 26.5. The minimum atomic E-state index is -1.37. The van der Waals surface area contributed by atoms with Crippen LogP contribution in [0.3, 0.4) is 0 Å². The normalized spacial score (nSPS) is 29.3. The van der Waals surface area contributed by atoms with Gasteiger partial charge < -0.3 is 0 Å². The minimum absolute atomic E-state index is 0.698. The third kappa shape index (κ3) is 5.61. The summed E-state index contributed by atoms with van der Waals surface area (Å²) in [6.45, 7) is 14.0. The second-order valence-corrected chi connectivity index (χ2v) is 31.5. The molecule has 7 atom stereocenters. The number of fused-ring (bicyclic) bond motifs is 1. The van der Waals surface area contributed by atoms with Crippen LogP contribution in [0.25, 0.3) is 11.1 Å². The highest BCUT2D eigenvalue weighted by atomic mass is 29.3. The van der Waals surface area contributed by atoms with Crippen LogP contribution >= 0.6 is 0 Å². The molecule has 0 N–H and O–H groups in total. The summed E-state index contributed by atoms with van der Waals surface area (Å²) >= 11 is 0. The van der Waals surface area contributed by atoms with E-state index in [0.29, 0.717) is 5.92 Å². The first-order valence-corrected chi connectivity index (χ1v) is 24.1. The van der Waals surface area contributed by atoms with Crippen molar-refractivity contribution in [3.8, 4) is 11.1 Å². The van der Waals surface area contributed by atoms with Crippen molar-refractivity contribution in [3.63, 3.8) is 0 Å². The van der Waals surface area contributed by atoms with Gasteiger partial charge in [-0.3, -0.25) is 0 Å². The maximum Gasteiger partial charge on any atom is 0.0448 e. The van der Waals surface area contributed by atoms with Gasteiger partial charge in [0.1, 0.15) is 0 Å². The highest BCUT2D eigenvalue weighted by Gasteiger charge is 2.57. The van der Waals surface area contributed by atoms with E-state index in [4.69, 9.17) is 0 Å². The monoisotopic (exact) mass is 578 g/mol. The van der Waals surface area contributed by atoms with Crippen LogP contribution in [0, 0.1) is 17.8 Å². The molecule has 2 heteroatoms. The van der Waals surface area contributed by atoms with Crippen LogP contribution in [0.2, 0.25) is 37.3 Å². The topological polar surface area (TPSA) is 0 Å². The molecular formula is C39H54Si2. The SMILES string of the molecule is CC(CC1CCC([Si](C)(C)[Si](C)(C)C2CCC3C(c4ccccc4-c4ccccc4)CCCC32)C1)c1ccccc1. The van der Waals surface area contributed by atoms with Crippen molar-refractivity contribution in [2.24, 2.45) is 17.8 Å². The van der Waals surface area contributed by atoms with E-state index < -0.39 is 15.2 Å². The van der Waals surface area contributed by atoms with E-state index >= 15 is 0 Å². The molecule has 0 aliphatic heterocycles. The summed E-state index contributed by atoms with van der Waals surface area (Å²) in [5.41, 5.74) is 8.18. The van der Waals surface area contributed by atoms with Gasteiger partial charge in [0.05, 0.1) is 0 Å². The quantitative estimate of drug-likeness (QED) is 0.233. The smallest absolute Gasteiger partial charge is 0.0448 e. The van der Waals surface area contributed by atoms with E-state index in [1.54, 1.807) is 11.1 Å². The van der Waals surface area contributed by atoms with Crippen molar-refractivity contribution in [1.29, 1.82) is 0 Å². The molecule has 3 aliphatic rings. The fraction of sp³-hybridized carbons (Fsp3) is 0.538. The molecule has 3 aliphatic carbocycles. The Hall–Kier alpha value is -1.91. The molecule has 0 spiro atoms. The van der Waals surface area contributed by atoms with Crippen molar-refractivity contribution < 1.29 is 0 Å². The van der Waals surface area contributed by atoms with Crippen LogP contribution < -0.4 is 0 Å². The predicted octanol–water partition coefficient (Wildman–Crippen LogP) is 11.9. The van der Waals surface area contributed by atoms with Crippen LogP contribution in [-0.2, 0) is 0 Å². The summed E-state index contributed by atoms with van der Waals surface area (Å²) in [6, 6.07) is 31.9. The van der Waals surface area contributed by atoms with E-state index in [1.807, 2.05) is 0 Å². The van der Waals surface area contributed by atoms with Crippen LogP contribution in [0.15, 0.2) is 84.9 Å². The Bertz CT molecular complexity index is 1280. The Morgan fingerprint density at radius 3 is 2.10 bits per heavy atom. The number of benzene rings is 3. The summed E-state index contributed by atoms with van der Waals surface area (Å²) in [4.78, 5) is 0. The van der Waals surface area contributed by atoms with Gasteiger partial charge in [0, 0.05) is 15.2 Å². The van der Waals surface area contributed by atoms with Crippen molar-refractivity contribution in [2.75, 3.05) is 0 Å². The third-order valence-electron chi connectivity index (χ3n) is 13.1. The average Bonchev–Trinajstić information content (AvgIpc) is 3.66. The van der Waals surface area contributed by atoms with Gasteiger partial charge in [-0.05, 0) is 82.2 Å². The molecule has 0 amide bonds. The maximum atomic E-state index is 2.88. The molecule has 0 radical (unpaired) electrons. The summed E-state index contributed by atoms with van der Waals surface area (Å²) < 4.78 is 0. The molecule has 0 nitrogen and oxygen atoms in total. The fourth-order valence-electron chi connectivity index (χ4n) is 10.2. The van der Waals surface area contributed by atoms with E-state index in [0.717, 1.165) is 34.8 Å². The van der Waals surface area contributed by atoms with Crippen molar-refractivity contribution >= 4 is 15.2 Å². The van der Waals surface area contributed by atoms with E-state index in [1.165, 1.54) is 68.9 Å². The van der Waals surface area contributed by atoms with Gasteiger partial charge in [-0.15, -0.1) is 0 Å². The zero-order valence-corrected chi connectivity index (χ0v) is 28.5. The molecule has 3 fully saturated rings. The van der Waals surface area contributed by atoms with Crippen molar-refractivity contribution in [2.45, 2.75) is 114 Å². The van der Waals surface area contributed by atoms with Gasteiger partial charge in [-0.1, -0.05) is 157 Å². The number of rotatable bonds is 8. The van der Waals surface area contributed by atoms with Crippen LogP contribution in [0.5, 0.6) is 0 Å². The Labute approximate surface area is 253 Å². The Morgan fingerprint density at radius 1 is 0.659 bits per heavy atom. The number of hydrogen-bond donors (Lipinski definition) is 0. The lowest BCUT2D eigenvalue weighted by Gasteiger charge is -2.50. The molecule has 218 valence electrons. The maximum absolute atomic E-state index is 2.88. The Kier molecular flexibility index (Phi) is 8.54. The Balaban J connectivity index is 1.17. The van der Waals surface area contributed by atoms with Crippen LogP contribution in [0.1, 0.15) is 87.7 Å². The first-order valence-electron chi connectivity index (χ1n) is 17.0. The lowest BCUT2D eigenvalue weighted by Crippen LogP contribution is -2.61. The molecule has 7 unspecified atom stereocenters. The average molecular weight is 579 g/mol. The molecule has 0 bridgehead atoms. The fourth-order valence-corrected chi connectivity index (χ4v) is 24.2. The first-order chi connectivity index (χ1) is 19.8. The van der Waals surface area contributed by atoms with Gasteiger partial charge in [0.15, 0.2) is 0 Å². The zero-order chi connectivity index (χ0) is 28.6. The van der Waals surface area contributed by atoms with Gasteiger partial charge in [-0.2, -0.15) is 0 Å². The molecule has 3 aromatic carbocycles. The predicted molar refractivity (Wildman–Crippen MR) is 184 cm³/mol. The molecule has 0 heterocycles. The molecule has 0 aromatic heterocycles. The van der Waals surface area contributed by atoms with E-state index in [-0.39, 0.29) is 0 Å². The summed E-state index contributed by atoms with van der Waals surface area (Å²) in [7, 11) is -2.71. The second kappa shape index (κ2) is 12.0. The third-order valence-corrected chi connectivity index (χ3v) is 33.9. The van der Waals surface area contributed by atoms with E-state index in [2.05, 4.69) is 118 Å². The van der Waals surface area contributed by atoms with Gasteiger partial charge in [-0.25, -0.2) is 0 Å². The van der Waals surface area contributed by atoms with E-state index in [9.17, 15) is 0 Å². The van der Waals surface area contributed by atoms with Crippen molar-refractivity contribution in [3.05, 3.63) is 96.1 Å². The van der Waals surface area contributed by atoms with Crippen LogP contribution in [0.4, 0.5) is 0 Å². The first kappa shape index (κ1) is 29.2. The van der Waals surface area contributed by atoms with Gasteiger partial charge in [0.25, 0.3) is 0 Å². The molecule has 3 saturated carbocycles. The van der Waals surface area contributed by atoms with Crippen molar-refractivity contribution in [1.82, 2.24) is 0 Å². The molecule has 0 saturated heterocycles. The molecule has 3 aromatic rings. The largest absolute Gasteiger partial charge is 0.0711 e. The van der Waals surface area contributed by atoms with Crippen LogP contribution in [-0.4, -0.2) is 15.2 Å². The van der Waals surface area contributed by atoms with Gasteiger partial charge >= 0.3 is 0 Å². The highest BCUT2D eigenvalue weighted by molar-refractivity contribution is 7.41. The minimum Gasteiger partial charge on any atom is -0.0711 e. The summed E-state index contributed by atoms with van der Waals surface area (Å²) in [5.74, 6) is 4.26. The lowest BCUT2D eigenvalue weighted by atomic mass is 9.69. The standard InChI is InChI=1S/C39H54Si2/c1-29(31-15-8-6-9-16-31)27-30-23-24-33(28-30)40(2,3)41(4,5)39-26-25-37-36(21-14-22-38(37)39)35-20-13-12-19-34(35)32-17-10-7-11-18-32/h6-13,15-20,29-30,33,36-39H,14,21-28H2,1-5H3. The lowest BCUT2D eigenvalue weighted by molar-refractivity contribution is 0.237. The van der Waals surface area contributed by atoms with Gasteiger partial charge in [0.2, 0.25) is 0 Å². The molecule has 41 heavy (non-hydrogen) atoms. The summed E-state index contributed by atoms with van der Waals surface area (Å²) in [6.07, 6.45) is 13.3. The highest BCUT2D eigenvalue weighted by Crippen LogP contribution is 2.61. The molecular weight excluding hydrogens is 525 g/mol.